The summed E-state index contributed by atoms with van der Waals surface area (Å²) in [4.78, 5) is 49.4. The maximum absolute atomic E-state index is 13.5. The van der Waals surface area contributed by atoms with Crippen LogP contribution in [0.3, 0.4) is 0 Å². The van der Waals surface area contributed by atoms with Crippen LogP contribution in [0.25, 0.3) is 0 Å². The number of anilines is 2. The van der Waals surface area contributed by atoms with Crippen LogP contribution in [0.4, 0.5) is 11.4 Å². The van der Waals surface area contributed by atoms with E-state index in [1.54, 1.807) is 17.2 Å². The van der Waals surface area contributed by atoms with E-state index in [1.165, 1.54) is 0 Å². The molecule has 0 aliphatic carbocycles. The lowest BCUT2D eigenvalue weighted by atomic mass is 9.95. The van der Waals surface area contributed by atoms with Gasteiger partial charge in [-0.1, -0.05) is 6.07 Å². The second kappa shape index (κ2) is 9.83. The highest BCUT2D eigenvalue weighted by Crippen LogP contribution is 2.40. The number of nitrogens with zero attached hydrogens (tertiary/aromatic N) is 4. The van der Waals surface area contributed by atoms with Crippen LogP contribution in [0.15, 0.2) is 42.6 Å². The Kier molecular flexibility index (Phi) is 6.47. The average Bonchev–Trinajstić information content (AvgIpc) is 2.90. The number of carbonyl (C=O) groups excluding carboxylic acids is 3. The minimum atomic E-state index is -0.256. The molecule has 2 saturated heterocycles. The summed E-state index contributed by atoms with van der Waals surface area (Å²) in [5.74, 6) is -0.319. The normalized spacial score (nSPS) is 19.9. The monoisotopic (exact) mass is 461 g/mol. The van der Waals surface area contributed by atoms with Crippen LogP contribution in [-0.2, 0) is 16.1 Å². The molecular formula is C26H31N5O3. The smallest absolute Gasteiger partial charge is 0.253 e. The van der Waals surface area contributed by atoms with Crippen molar-refractivity contribution in [3.63, 3.8) is 0 Å². The number of benzene rings is 1. The van der Waals surface area contributed by atoms with Crippen molar-refractivity contribution in [3.8, 4) is 0 Å². The van der Waals surface area contributed by atoms with Gasteiger partial charge in [-0.15, -0.1) is 0 Å². The molecule has 1 aromatic carbocycles. The van der Waals surface area contributed by atoms with Crippen molar-refractivity contribution in [2.75, 3.05) is 36.0 Å². The molecule has 0 radical (unpaired) electrons. The van der Waals surface area contributed by atoms with Crippen LogP contribution in [0.2, 0.25) is 0 Å². The molecular weight excluding hydrogens is 430 g/mol. The average molecular weight is 462 g/mol. The van der Waals surface area contributed by atoms with Crippen molar-refractivity contribution in [1.82, 2.24) is 15.2 Å². The predicted molar refractivity (Wildman–Crippen MR) is 130 cm³/mol. The Morgan fingerprint density at radius 3 is 2.59 bits per heavy atom. The van der Waals surface area contributed by atoms with Gasteiger partial charge >= 0.3 is 0 Å². The summed E-state index contributed by atoms with van der Waals surface area (Å²) in [5, 5.41) is 2.87. The first kappa shape index (κ1) is 22.4. The van der Waals surface area contributed by atoms with Crippen molar-refractivity contribution in [1.29, 1.82) is 0 Å². The Bertz CT molecular complexity index is 1070. The van der Waals surface area contributed by atoms with E-state index in [2.05, 4.69) is 15.2 Å². The molecule has 2 aromatic rings. The molecule has 1 aromatic heterocycles. The summed E-state index contributed by atoms with van der Waals surface area (Å²) >= 11 is 0. The molecule has 3 aliphatic rings. The fourth-order valence-corrected chi connectivity index (χ4v) is 5.22. The van der Waals surface area contributed by atoms with E-state index in [0.29, 0.717) is 17.8 Å². The SMILES string of the molecule is O=C(CN1C(=O)[C@H]2CCCCN2c2ccc(C(=O)N3CCCCC3)cc21)NCc1ccccn1. The molecule has 1 N–H and O–H groups in total. The molecule has 5 rings (SSSR count). The van der Waals surface area contributed by atoms with Crippen molar-refractivity contribution >= 4 is 29.1 Å². The second-order valence-corrected chi connectivity index (χ2v) is 9.28. The van der Waals surface area contributed by atoms with Crippen molar-refractivity contribution in [2.24, 2.45) is 0 Å². The Morgan fingerprint density at radius 2 is 1.79 bits per heavy atom. The molecule has 8 heteroatoms. The van der Waals surface area contributed by atoms with E-state index in [4.69, 9.17) is 0 Å². The summed E-state index contributed by atoms with van der Waals surface area (Å²) in [6.07, 6.45) is 7.68. The van der Waals surface area contributed by atoms with E-state index in [9.17, 15) is 14.4 Å². The number of hydrogen-bond donors (Lipinski definition) is 1. The highest BCUT2D eigenvalue weighted by Gasteiger charge is 2.40. The van der Waals surface area contributed by atoms with Gasteiger partial charge in [0, 0.05) is 31.4 Å². The van der Waals surface area contributed by atoms with Gasteiger partial charge in [0.2, 0.25) is 11.8 Å². The van der Waals surface area contributed by atoms with Crippen molar-refractivity contribution in [3.05, 3.63) is 53.9 Å². The van der Waals surface area contributed by atoms with E-state index < -0.39 is 0 Å². The third-order valence-electron chi connectivity index (χ3n) is 7.01. The minimum Gasteiger partial charge on any atom is -0.358 e. The van der Waals surface area contributed by atoms with E-state index >= 15 is 0 Å². The Balaban J connectivity index is 1.40. The Labute approximate surface area is 199 Å². The molecule has 8 nitrogen and oxygen atoms in total. The van der Waals surface area contributed by atoms with Crippen LogP contribution in [0.1, 0.15) is 54.6 Å². The highest BCUT2D eigenvalue weighted by atomic mass is 16.2. The summed E-state index contributed by atoms with van der Waals surface area (Å²) in [7, 11) is 0. The first-order valence-electron chi connectivity index (χ1n) is 12.3. The summed E-state index contributed by atoms with van der Waals surface area (Å²) in [6, 6.07) is 10.9. The topological polar surface area (TPSA) is 85.9 Å². The summed E-state index contributed by atoms with van der Waals surface area (Å²) in [6.45, 7) is 2.57. The van der Waals surface area contributed by atoms with Gasteiger partial charge in [-0.05, 0) is 68.9 Å². The number of aromatic nitrogens is 1. The molecule has 0 bridgehead atoms. The van der Waals surface area contributed by atoms with Gasteiger partial charge in [0.15, 0.2) is 0 Å². The Morgan fingerprint density at radius 1 is 0.971 bits per heavy atom. The highest BCUT2D eigenvalue weighted by molar-refractivity contribution is 6.09. The van der Waals surface area contributed by atoms with E-state index in [0.717, 1.165) is 69.5 Å². The lowest BCUT2D eigenvalue weighted by molar-refractivity contribution is -0.125. The lowest BCUT2D eigenvalue weighted by Gasteiger charge is -2.45. The number of fused-ring (bicyclic) bond motifs is 3. The van der Waals surface area contributed by atoms with Crippen LogP contribution < -0.4 is 15.1 Å². The first-order chi connectivity index (χ1) is 16.6. The number of amides is 3. The van der Waals surface area contributed by atoms with Gasteiger partial charge in [0.25, 0.3) is 5.91 Å². The lowest BCUT2D eigenvalue weighted by Crippen LogP contribution is -2.57. The van der Waals surface area contributed by atoms with Crippen LogP contribution in [-0.4, -0.2) is 59.8 Å². The predicted octanol–water partition coefficient (Wildman–Crippen LogP) is 2.73. The van der Waals surface area contributed by atoms with Crippen LogP contribution in [0, 0.1) is 0 Å². The van der Waals surface area contributed by atoms with Gasteiger partial charge in [-0.3, -0.25) is 24.3 Å². The van der Waals surface area contributed by atoms with Gasteiger partial charge in [-0.25, -0.2) is 0 Å². The number of hydrogen-bond acceptors (Lipinski definition) is 5. The number of piperidine rings is 2. The fraction of sp³-hybridized carbons (Fsp3) is 0.462. The number of rotatable bonds is 5. The molecule has 0 unspecified atom stereocenters. The zero-order chi connectivity index (χ0) is 23.5. The van der Waals surface area contributed by atoms with E-state index in [1.807, 2.05) is 35.2 Å². The second-order valence-electron chi connectivity index (χ2n) is 9.28. The zero-order valence-electron chi connectivity index (χ0n) is 19.4. The Hall–Kier alpha value is -3.42. The molecule has 34 heavy (non-hydrogen) atoms. The number of likely N-dealkylation sites (tertiary alicyclic amines) is 1. The minimum absolute atomic E-state index is 0.00438. The fourth-order valence-electron chi connectivity index (χ4n) is 5.22. The molecule has 0 saturated carbocycles. The molecule has 0 spiro atoms. The summed E-state index contributed by atoms with van der Waals surface area (Å²) in [5.41, 5.74) is 2.91. The van der Waals surface area contributed by atoms with Gasteiger partial charge in [0.05, 0.1) is 23.6 Å². The number of carbonyl (C=O) groups is 3. The molecule has 3 aliphatic heterocycles. The first-order valence-corrected chi connectivity index (χ1v) is 12.3. The molecule has 2 fully saturated rings. The zero-order valence-corrected chi connectivity index (χ0v) is 19.4. The maximum atomic E-state index is 13.5. The maximum Gasteiger partial charge on any atom is 0.253 e. The molecule has 178 valence electrons. The molecule has 4 heterocycles. The summed E-state index contributed by atoms with van der Waals surface area (Å²) < 4.78 is 0. The molecule has 3 amide bonds. The van der Waals surface area contributed by atoms with Crippen LogP contribution >= 0.6 is 0 Å². The van der Waals surface area contributed by atoms with Crippen molar-refractivity contribution < 1.29 is 14.4 Å². The third-order valence-corrected chi connectivity index (χ3v) is 7.01. The number of pyridine rings is 1. The van der Waals surface area contributed by atoms with Crippen molar-refractivity contribution in [2.45, 2.75) is 51.1 Å². The largest absolute Gasteiger partial charge is 0.358 e. The standard InChI is InChI=1S/C26H31N5O3/c32-24(28-17-20-8-2-4-12-27-20)18-31-23-16-19(25(33)29-13-5-1-6-14-29)10-11-21(23)30-15-7-3-9-22(30)26(31)34/h2,4,8,10-12,16,22H,1,3,5-7,9,13-15,17-18H2,(H,28,32)/t22-/m1/s1. The third kappa shape index (κ3) is 4.49. The van der Waals surface area contributed by atoms with Gasteiger partial charge in [-0.2, -0.15) is 0 Å². The van der Waals surface area contributed by atoms with Gasteiger partial charge < -0.3 is 15.1 Å². The van der Waals surface area contributed by atoms with Crippen LogP contribution in [0.5, 0.6) is 0 Å². The van der Waals surface area contributed by atoms with E-state index in [-0.39, 0.29) is 30.3 Å². The molecule has 1 atom stereocenters. The quantitative estimate of drug-likeness (QED) is 0.740. The van der Waals surface area contributed by atoms with Gasteiger partial charge in [0.1, 0.15) is 12.6 Å². The number of nitrogens with one attached hydrogen (secondary N) is 1.